The van der Waals surface area contributed by atoms with Crippen LogP contribution in [0.3, 0.4) is 0 Å². The smallest absolute Gasteiger partial charge is 0.252 e. The molecule has 144 valence electrons. The van der Waals surface area contributed by atoms with Crippen molar-refractivity contribution >= 4 is 5.91 Å². The summed E-state index contributed by atoms with van der Waals surface area (Å²) in [4.78, 5) is 15.4. The minimum absolute atomic E-state index is 0.00796. The first-order valence-electron chi connectivity index (χ1n) is 9.61. The Bertz CT molecular complexity index is 596. The zero-order valence-electron chi connectivity index (χ0n) is 15.9. The van der Waals surface area contributed by atoms with Crippen LogP contribution in [0.4, 0.5) is 0 Å². The van der Waals surface area contributed by atoms with Gasteiger partial charge in [-0.15, -0.1) is 0 Å². The SMILES string of the molecule is COc1cccc(C(CNC(=O)C2(OC)CCNCC2)N2CCCC2)c1. The number of likely N-dealkylation sites (tertiary alicyclic amines) is 1. The lowest BCUT2D eigenvalue weighted by Crippen LogP contribution is -2.55. The normalized spacial score (nSPS) is 21.3. The first-order chi connectivity index (χ1) is 12.7. The van der Waals surface area contributed by atoms with Crippen molar-refractivity contribution in [3.8, 4) is 5.75 Å². The van der Waals surface area contributed by atoms with E-state index in [-0.39, 0.29) is 11.9 Å². The highest BCUT2D eigenvalue weighted by Crippen LogP contribution is 2.28. The van der Waals surface area contributed by atoms with E-state index in [1.807, 2.05) is 12.1 Å². The number of carbonyl (C=O) groups is 1. The highest BCUT2D eigenvalue weighted by Gasteiger charge is 2.40. The Morgan fingerprint density at radius 1 is 1.27 bits per heavy atom. The quantitative estimate of drug-likeness (QED) is 0.774. The second-order valence-electron chi connectivity index (χ2n) is 7.19. The van der Waals surface area contributed by atoms with Crippen molar-refractivity contribution in [3.05, 3.63) is 29.8 Å². The number of hydrogen-bond acceptors (Lipinski definition) is 5. The molecule has 2 fully saturated rings. The zero-order valence-corrected chi connectivity index (χ0v) is 15.9. The number of piperidine rings is 1. The van der Waals surface area contributed by atoms with Crippen molar-refractivity contribution in [2.45, 2.75) is 37.3 Å². The molecule has 2 aliphatic rings. The zero-order chi connectivity index (χ0) is 18.4. The number of amides is 1. The van der Waals surface area contributed by atoms with Crippen LogP contribution in [-0.4, -0.2) is 63.4 Å². The van der Waals surface area contributed by atoms with Gasteiger partial charge in [-0.25, -0.2) is 0 Å². The molecule has 2 N–H and O–H groups in total. The van der Waals surface area contributed by atoms with Gasteiger partial charge in [-0.2, -0.15) is 0 Å². The van der Waals surface area contributed by atoms with Crippen molar-refractivity contribution in [1.29, 1.82) is 0 Å². The monoisotopic (exact) mass is 361 g/mol. The van der Waals surface area contributed by atoms with E-state index >= 15 is 0 Å². The van der Waals surface area contributed by atoms with Crippen LogP contribution in [0.25, 0.3) is 0 Å². The lowest BCUT2D eigenvalue weighted by Gasteiger charge is -2.36. The number of benzene rings is 1. The van der Waals surface area contributed by atoms with Crippen LogP contribution >= 0.6 is 0 Å². The van der Waals surface area contributed by atoms with Crippen molar-refractivity contribution in [1.82, 2.24) is 15.5 Å². The summed E-state index contributed by atoms with van der Waals surface area (Å²) in [7, 11) is 3.33. The van der Waals surface area contributed by atoms with Gasteiger partial charge in [-0.3, -0.25) is 9.69 Å². The average Bonchev–Trinajstić information content (AvgIpc) is 3.23. The van der Waals surface area contributed by atoms with Gasteiger partial charge in [0.15, 0.2) is 0 Å². The predicted molar refractivity (Wildman–Crippen MR) is 101 cm³/mol. The molecule has 0 aliphatic carbocycles. The number of nitrogens with one attached hydrogen (secondary N) is 2. The van der Waals surface area contributed by atoms with E-state index in [0.717, 1.165) is 31.9 Å². The van der Waals surface area contributed by atoms with E-state index in [9.17, 15) is 4.79 Å². The van der Waals surface area contributed by atoms with Gasteiger partial charge >= 0.3 is 0 Å². The van der Waals surface area contributed by atoms with E-state index in [1.54, 1.807) is 14.2 Å². The van der Waals surface area contributed by atoms with Gasteiger partial charge in [0.2, 0.25) is 0 Å². The van der Waals surface area contributed by atoms with E-state index < -0.39 is 5.60 Å². The second kappa shape index (κ2) is 8.84. The molecular weight excluding hydrogens is 330 g/mol. The van der Waals surface area contributed by atoms with Gasteiger partial charge in [0.1, 0.15) is 11.4 Å². The summed E-state index contributed by atoms with van der Waals surface area (Å²) in [6.45, 7) is 4.35. The van der Waals surface area contributed by atoms with Crippen molar-refractivity contribution in [3.63, 3.8) is 0 Å². The maximum absolute atomic E-state index is 12.9. The molecule has 2 heterocycles. The van der Waals surface area contributed by atoms with Crippen LogP contribution in [0.2, 0.25) is 0 Å². The van der Waals surface area contributed by atoms with Gasteiger partial charge in [0, 0.05) is 13.7 Å². The summed E-state index contributed by atoms with van der Waals surface area (Å²) in [6, 6.07) is 8.33. The fourth-order valence-corrected chi connectivity index (χ4v) is 4.06. The maximum Gasteiger partial charge on any atom is 0.252 e. The molecule has 6 heteroatoms. The number of ether oxygens (including phenoxy) is 2. The van der Waals surface area contributed by atoms with Crippen molar-refractivity contribution in [2.24, 2.45) is 0 Å². The third-order valence-corrected chi connectivity index (χ3v) is 5.73. The number of hydrogen-bond donors (Lipinski definition) is 2. The molecule has 1 aromatic carbocycles. The van der Waals surface area contributed by atoms with Crippen LogP contribution in [0.5, 0.6) is 5.75 Å². The van der Waals surface area contributed by atoms with Gasteiger partial charge < -0.3 is 20.1 Å². The van der Waals surface area contributed by atoms with Crippen molar-refractivity contribution < 1.29 is 14.3 Å². The minimum atomic E-state index is -0.699. The fraction of sp³-hybridized carbons (Fsp3) is 0.650. The van der Waals surface area contributed by atoms with Crippen LogP contribution in [0.15, 0.2) is 24.3 Å². The standard InChI is InChI=1S/C20H31N3O3/c1-25-17-7-5-6-16(14-17)18(23-12-3-4-13-23)15-22-19(24)20(26-2)8-10-21-11-9-20/h5-7,14,18,21H,3-4,8-13,15H2,1-2H3,(H,22,24). The molecule has 1 aromatic rings. The second-order valence-corrected chi connectivity index (χ2v) is 7.19. The molecule has 0 aromatic heterocycles. The molecule has 6 nitrogen and oxygen atoms in total. The summed E-state index contributed by atoms with van der Waals surface area (Å²) >= 11 is 0. The lowest BCUT2D eigenvalue weighted by molar-refractivity contribution is -0.146. The molecule has 0 bridgehead atoms. The highest BCUT2D eigenvalue weighted by atomic mass is 16.5. The van der Waals surface area contributed by atoms with E-state index in [2.05, 4.69) is 27.7 Å². The molecular formula is C20H31N3O3. The molecule has 26 heavy (non-hydrogen) atoms. The van der Waals surface area contributed by atoms with Crippen LogP contribution in [-0.2, 0) is 9.53 Å². The molecule has 1 unspecified atom stereocenters. The number of methoxy groups -OCH3 is 2. The third-order valence-electron chi connectivity index (χ3n) is 5.73. The largest absolute Gasteiger partial charge is 0.497 e. The molecule has 0 spiro atoms. The molecule has 1 amide bonds. The Kier molecular flexibility index (Phi) is 6.51. The Morgan fingerprint density at radius 2 is 2.00 bits per heavy atom. The van der Waals surface area contributed by atoms with E-state index in [1.165, 1.54) is 18.4 Å². The number of nitrogens with zero attached hydrogens (tertiary/aromatic N) is 1. The minimum Gasteiger partial charge on any atom is -0.497 e. The van der Waals surface area contributed by atoms with Crippen LogP contribution in [0, 0.1) is 0 Å². The summed E-state index contributed by atoms with van der Waals surface area (Å²) in [5, 5.41) is 6.48. The molecule has 2 saturated heterocycles. The van der Waals surface area contributed by atoms with E-state index in [0.29, 0.717) is 19.4 Å². The summed E-state index contributed by atoms with van der Waals surface area (Å²) in [6.07, 6.45) is 3.84. The molecule has 1 atom stereocenters. The molecule has 3 rings (SSSR count). The first kappa shape index (κ1) is 19.1. The van der Waals surface area contributed by atoms with Gasteiger partial charge in [0.05, 0.1) is 13.2 Å². The maximum atomic E-state index is 12.9. The fourth-order valence-electron chi connectivity index (χ4n) is 4.06. The first-order valence-corrected chi connectivity index (χ1v) is 9.61. The van der Waals surface area contributed by atoms with Gasteiger partial charge in [-0.1, -0.05) is 12.1 Å². The average molecular weight is 361 g/mol. The Balaban J connectivity index is 1.72. The Hall–Kier alpha value is -1.63. The molecule has 2 aliphatic heterocycles. The third kappa shape index (κ3) is 4.19. The highest BCUT2D eigenvalue weighted by molar-refractivity contribution is 5.85. The summed E-state index contributed by atoms with van der Waals surface area (Å²) in [5.41, 5.74) is 0.484. The summed E-state index contributed by atoms with van der Waals surface area (Å²) < 4.78 is 11.0. The number of rotatable bonds is 7. The Labute approximate surface area is 156 Å². The van der Waals surface area contributed by atoms with Crippen LogP contribution < -0.4 is 15.4 Å². The Morgan fingerprint density at radius 3 is 2.65 bits per heavy atom. The number of carbonyl (C=O) groups excluding carboxylic acids is 1. The predicted octanol–water partition coefficient (Wildman–Crippen LogP) is 1.72. The van der Waals surface area contributed by atoms with Gasteiger partial charge in [-0.05, 0) is 69.6 Å². The molecule has 0 radical (unpaired) electrons. The van der Waals surface area contributed by atoms with E-state index in [4.69, 9.17) is 9.47 Å². The van der Waals surface area contributed by atoms with Gasteiger partial charge in [0.25, 0.3) is 5.91 Å². The topological polar surface area (TPSA) is 62.8 Å². The van der Waals surface area contributed by atoms with Crippen LogP contribution in [0.1, 0.15) is 37.3 Å². The molecule has 0 saturated carbocycles. The van der Waals surface area contributed by atoms with Crippen molar-refractivity contribution in [2.75, 3.05) is 46.9 Å². The summed E-state index contributed by atoms with van der Waals surface area (Å²) in [5.74, 6) is 0.860. The lowest BCUT2D eigenvalue weighted by atomic mass is 9.91.